The van der Waals surface area contributed by atoms with Gasteiger partial charge in [-0.2, -0.15) is 11.8 Å². The second-order valence-corrected chi connectivity index (χ2v) is 8.36. The lowest BCUT2D eigenvalue weighted by atomic mass is 10.1. The number of carboxylic acids is 4. The Balaban J connectivity index is 5.53. The molecule has 0 heterocycles. The number of carbonyl (C=O) groups excluding carboxylic acids is 3. The Morgan fingerprint density at radius 2 is 1.17 bits per heavy atom. The lowest BCUT2D eigenvalue weighted by Gasteiger charge is -2.24. The summed E-state index contributed by atoms with van der Waals surface area (Å²) in [6, 6.07) is -5.97. The van der Waals surface area contributed by atoms with Crippen molar-refractivity contribution in [1.29, 1.82) is 0 Å². The van der Waals surface area contributed by atoms with Crippen LogP contribution in [0.15, 0.2) is 0 Å². The largest absolute Gasteiger partial charge is 0.481 e. The molecule has 0 aromatic rings. The molecule has 0 aliphatic rings. The second kappa shape index (κ2) is 16.3. The molecule has 0 rings (SSSR count). The minimum atomic E-state index is -1.74. The third kappa shape index (κ3) is 13.8. The van der Waals surface area contributed by atoms with Gasteiger partial charge in [-0.3, -0.25) is 28.8 Å². The van der Waals surface area contributed by atoms with E-state index < -0.39 is 91.4 Å². The first-order chi connectivity index (χ1) is 16.3. The van der Waals surface area contributed by atoms with Crippen molar-refractivity contribution in [1.82, 2.24) is 16.0 Å². The molecule has 0 aliphatic carbocycles. The highest BCUT2D eigenvalue weighted by Gasteiger charge is 2.31. The van der Waals surface area contributed by atoms with E-state index in [1.165, 1.54) is 11.8 Å². The van der Waals surface area contributed by atoms with Gasteiger partial charge in [0.05, 0.1) is 12.5 Å². The number of rotatable bonds is 18. The zero-order chi connectivity index (χ0) is 27.1. The second-order valence-electron chi connectivity index (χ2n) is 7.37. The number of thioether (sulfide) groups is 1. The average Bonchev–Trinajstić information content (AvgIpc) is 2.75. The maximum Gasteiger partial charge on any atom is 0.326 e. The summed E-state index contributed by atoms with van der Waals surface area (Å²) in [7, 11) is 0. The van der Waals surface area contributed by atoms with Crippen LogP contribution in [0.25, 0.3) is 0 Å². The first-order valence-corrected chi connectivity index (χ1v) is 11.7. The van der Waals surface area contributed by atoms with Crippen molar-refractivity contribution in [2.75, 3.05) is 12.0 Å². The average molecular weight is 523 g/mol. The van der Waals surface area contributed by atoms with Crippen LogP contribution in [0.2, 0.25) is 0 Å². The highest BCUT2D eigenvalue weighted by atomic mass is 32.2. The van der Waals surface area contributed by atoms with Crippen molar-refractivity contribution < 1.29 is 54.0 Å². The monoisotopic (exact) mass is 522 g/mol. The molecular weight excluding hydrogens is 492 g/mol. The van der Waals surface area contributed by atoms with Crippen LogP contribution in [0.3, 0.4) is 0 Å². The predicted octanol–water partition coefficient (Wildman–Crippen LogP) is -2.19. The van der Waals surface area contributed by atoms with Crippen LogP contribution in [0.5, 0.6) is 0 Å². The molecule has 0 bridgehead atoms. The molecule has 15 nitrogen and oxygen atoms in total. The molecule has 0 aliphatic heterocycles. The summed E-state index contributed by atoms with van der Waals surface area (Å²) in [6.45, 7) is 0. The molecule has 0 aromatic heterocycles. The van der Waals surface area contributed by atoms with Gasteiger partial charge in [-0.1, -0.05) is 0 Å². The summed E-state index contributed by atoms with van der Waals surface area (Å²) in [5.74, 6) is -8.19. The standard InChI is InChI=1S/C19H30N4O11S/c1-35-7-6-11(19(33)34)22-18(32)12(8-15(28)29)23-17(31)10(3-5-14(26)27)21-16(30)9(20)2-4-13(24)25/h9-12H,2-8,20H2,1H3,(H,21,30)(H,22,32)(H,23,31)(H,24,25)(H,26,27)(H,28,29)(H,33,34). The van der Waals surface area contributed by atoms with Gasteiger partial charge in [0.25, 0.3) is 0 Å². The van der Waals surface area contributed by atoms with E-state index in [4.69, 9.17) is 21.1 Å². The van der Waals surface area contributed by atoms with Crippen LogP contribution < -0.4 is 21.7 Å². The Bertz CT molecular complexity index is 808. The normalized spacial score (nSPS) is 14.0. The number of aliphatic carboxylic acids is 4. The zero-order valence-corrected chi connectivity index (χ0v) is 19.7. The minimum Gasteiger partial charge on any atom is -0.481 e. The third-order valence-electron chi connectivity index (χ3n) is 4.52. The zero-order valence-electron chi connectivity index (χ0n) is 18.9. The number of nitrogens with one attached hydrogen (secondary N) is 3. The van der Waals surface area contributed by atoms with Gasteiger partial charge in [-0.05, 0) is 31.3 Å². The lowest BCUT2D eigenvalue weighted by molar-refractivity contribution is -0.144. The molecule has 198 valence electrons. The van der Waals surface area contributed by atoms with E-state index in [2.05, 4.69) is 16.0 Å². The number of amides is 3. The Hall–Kier alpha value is -3.40. The van der Waals surface area contributed by atoms with E-state index in [-0.39, 0.29) is 12.8 Å². The van der Waals surface area contributed by atoms with Gasteiger partial charge in [0.1, 0.15) is 18.1 Å². The van der Waals surface area contributed by atoms with Gasteiger partial charge >= 0.3 is 23.9 Å². The molecule has 4 unspecified atom stereocenters. The number of carboxylic acid groups (broad SMARTS) is 4. The summed E-state index contributed by atoms with van der Waals surface area (Å²) in [4.78, 5) is 81.7. The van der Waals surface area contributed by atoms with Gasteiger partial charge in [-0.25, -0.2) is 4.79 Å². The van der Waals surface area contributed by atoms with Gasteiger partial charge in [0.15, 0.2) is 0 Å². The Morgan fingerprint density at radius 1 is 0.686 bits per heavy atom. The number of hydrogen-bond donors (Lipinski definition) is 8. The Labute approximate surface area is 204 Å². The number of carbonyl (C=O) groups is 7. The summed E-state index contributed by atoms with van der Waals surface area (Å²) >= 11 is 1.32. The molecule has 35 heavy (non-hydrogen) atoms. The molecule has 4 atom stereocenters. The van der Waals surface area contributed by atoms with Gasteiger partial charge in [-0.15, -0.1) is 0 Å². The molecule has 0 aromatic carbocycles. The Kier molecular flexibility index (Phi) is 14.7. The summed E-state index contributed by atoms with van der Waals surface area (Å²) in [5, 5.41) is 42.4. The molecule has 0 fully saturated rings. The molecule has 0 saturated heterocycles. The van der Waals surface area contributed by atoms with E-state index >= 15 is 0 Å². The van der Waals surface area contributed by atoms with Crippen molar-refractivity contribution in [3.05, 3.63) is 0 Å². The predicted molar refractivity (Wildman–Crippen MR) is 120 cm³/mol. The van der Waals surface area contributed by atoms with Crippen LogP contribution in [-0.2, 0) is 33.6 Å². The Morgan fingerprint density at radius 3 is 1.66 bits per heavy atom. The third-order valence-corrected chi connectivity index (χ3v) is 5.17. The molecule has 9 N–H and O–H groups in total. The van der Waals surface area contributed by atoms with E-state index in [0.29, 0.717) is 5.75 Å². The highest BCUT2D eigenvalue weighted by Crippen LogP contribution is 2.05. The first-order valence-electron chi connectivity index (χ1n) is 10.3. The fraction of sp³-hybridized carbons (Fsp3) is 0.632. The molecule has 3 amide bonds. The maximum absolute atomic E-state index is 12.7. The fourth-order valence-corrected chi connectivity index (χ4v) is 3.12. The number of hydrogen-bond acceptors (Lipinski definition) is 9. The van der Waals surface area contributed by atoms with E-state index in [9.17, 15) is 38.7 Å². The number of nitrogens with two attached hydrogens (primary N) is 1. The van der Waals surface area contributed by atoms with Crippen LogP contribution in [-0.4, -0.2) is 98.2 Å². The van der Waals surface area contributed by atoms with Crippen molar-refractivity contribution in [3.63, 3.8) is 0 Å². The summed E-state index contributed by atoms with van der Waals surface area (Å²) < 4.78 is 0. The van der Waals surface area contributed by atoms with Crippen LogP contribution in [0, 0.1) is 0 Å². The van der Waals surface area contributed by atoms with Gasteiger partial charge in [0, 0.05) is 12.8 Å². The fourth-order valence-electron chi connectivity index (χ4n) is 2.65. The smallest absolute Gasteiger partial charge is 0.326 e. The van der Waals surface area contributed by atoms with Gasteiger partial charge in [0.2, 0.25) is 17.7 Å². The minimum absolute atomic E-state index is 0.0293. The topological polar surface area (TPSA) is 263 Å². The molecular formula is C19H30N4O11S. The molecule has 16 heteroatoms. The van der Waals surface area contributed by atoms with Crippen molar-refractivity contribution in [3.8, 4) is 0 Å². The summed E-state index contributed by atoms with van der Waals surface area (Å²) in [6.07, 6.45) is -0.938. The first kappa shape index (κ1) is 31.6. The quantitative estimate of drug-likeness (QED) is 0.0952. The molecule has 0 spiro atoms. The highest BCUT2D eigenvalue weighted by molar-refractivity contribution is 7.98. The lowest BCUT2D eigenvalue weighted by Crippen LogP contribution is -2.57. The summed E-state index contributed by atoms with van der Waals surface area (Å²) in [5.41, 5.74) is 5.59. The van der Waals surface area contributed by atoms with E-state index in [1.54, 1.807) is 6.26 Å². The maximum atomic E-state index is 12.7. The van der Waals surface area contributed by atoms with E-state index in [1.807, 2.05) is 0 Å². The molecule has 0 radical (unpaired) electrons. The van der Waals surface area contributed by atoms with Crippen LogP contribution in [0.4, 0.5) is 0 Å². The van der Waals surface area contributed by atoms with Crippen molar-refractivity contribution >= 4 is 53.4 Å². The van der Waals surface area contributed by atoms with Crippen molar-refractivity contribution in [2.24, 2.45) is 5.73 Å². The van der Waals surface area contributed by atoms with E-state index in [0.717, 1.165) is 0 Å². The molecule has 0 saturated carbocycles. The van der Waals surface area contributed by atoms with Crippen LogP contribution in [0.1, 0.15) is 38.5 Å². The van der Waals surface area contributed by atoms with Gasteiger partial charge < -0.3 is 42.1 Å². The SMILES string of the molecule is CSCCC(NC(=O)C(CC(=O)O)NC(=O)C(CCC(=O)O)NC(=O)C(N)CCC(=O)O)C(=O)O. The van der Waals surface area contributed by atoms with Crippen molar-refractivity contribution in [2.45, 2.75) is 62.7 Å². The van der Waals surface area contributed by atoms with Crippen LogP contribution >= 0.6 is 11.8 Å².